The van der Waals surface area contributed by atoms with Gasteiger partial charge in [0.2, 0.25) is 0 Å². The Labute approximate surface area is 96.3 Å². The molecular weight excluding hydrogens is 224 g/mol. The molecule has 0 amide bonds. The molecule has 5 heteroatoms. The first-order valence-corrected chi connectivity index (χ1v) is 5.12. The molecule has 0 aliphatic carbocycles. The first kappa shape index (κ1) is 9.30. The summed E-state index contributed by atoms with van der Waals surface area (Å²) < 4.78 is 0. The van der Waals surface area contributed by atoms with Gasteiger partial charge in [0.25, 0.3) is 0 Å². The second-order valence-electron chi connectivity index (χ2n) is 3.35. The summed E-state index contributed by atoms with van der Waals surface area (Å²) in [6, 6.07) is 5.58. The SMILES string of the molecule is Clc1cnc2nc(-c3ccncc3)[nH]c2c1. The van der Waals surface area contributed by atoms with Crippen LogP contribution in [0.3, 0.4) is 0 Å². The van der Waals surface area contributed by atoms with E-state index in [1.807, 2.05) is 18.2 Å². The largest absolute Gasteiger partial charge is 0.337 e. The van der Waals surface area contributed by atoms with Gasteiger partial charge < -0.3 is 4.98 Å². The fourth-order valence-corrected chi connectivity index (χ4v) is 1.68. The van der Waals surface area contributed by atoms with E-state index in [9.17, 15) is 0 Å². The molecule has 0 aromatic carbocycles. The number of pyridine rings is 2. The normalized spacial score (nSPS) is 10.8. The molecule has 0 saturated heterocycles. The van der Waals surface area contributed by atoms with E-state index in [1.165, 1.54) is 0 Å². The molecule has 78 valence electrons. The molecule has 3 aromatic heterocycles. The van der Waals surface area contributed by atoms with Crippen molar-refractivity contribution in [1.82, 2.24) is 19.9 Å². The van der Waals surface area contributed by atoms with Gasteiger partial charge in [-0.2, -0.15) is 0 Å². The lowest BCUT2D eigenvalue weighted by Gasteiger charge is -1.92. The van der Waals surface area contributed by atoms with Crippen LogP contribution in [0.1, 0.15) is 0 Å². The van der Waals surface area contributed by atoms with Gasteiger partial charge in [0.1, 0.15) is 5.82 Å². The van der Waals surface area contributed by atoms with Gasteiger partial charge in [0.05, 0.1) is 10.5 Å². The van der Waals surface area contributed by atoms with Gasteiger partial charge in [-0.05, 0) is 18.2 Å². The molecule has 3 aromatic rings. The smallest absolute Gasteiger partial charge is 0.178 e. The quantitative estimate of drug-likeness (QED) is 0.699. The van der Waals surface area contributed by atoms with Crippen LogP contribution in [0.25, 0.3) is 22.6 Å². The minimum absolute atomic E-state index is 0.595. The first-order valence-electron chi connectivity index (χ1n) is 4.74. The Morgan fingerprint density at radius 3 is 2.81 bits per heavy atom. The summed E-state index contributed by atoms with van der Waals surface area (Å²) in [7, 11) is 0. The molecule has 0 spiro atoms. The van der Waals surface area contributed by atoms with Crippen molar-refractivity contribution in [3.63, 3.8) is 0 Å². The van der Waals surface area contributed by atoms with Crippen molar-refractivity contribution in [2.75, 3.05) is 0 Å². The number of rotatable bonds is 1. The minimum Gasteiger partial charge on any atom is -0.337 e. The van der Waals surface area contributed by atoms with Crippen LogP contribution in [0.2, 0.25) is 5.02 Å². The molecule has 0 unspecified atom stereocenters. The maximum atomic E-state index is 5.85. The second-order valence-corrected chi connectivity index (χ2v) is 3.78. The predicted octanol–water partition coefficient (Wildman–Crippen LogP) is 2.67. The molecule has 0 bridgehead atoms. The van der Waals surface area contributed by atoms with Crippen molar-refractivity contribution in [2.45, 2.75) is 0 Å². The van der Waals surface area contributed by atoms with E-state index in [0.29, 0.717) is 10.7 Å². The van der Waals surface area contributed by atoms with Crippen molar-refractivity contribution < 1.29 is 0 Å². The van der Waals surface area contributed by atoms with E-state index in [0.717, 1.165) is 16.9 Å². The molecule has 16 heavy (non-hydrogen) atoms. The molecule has 1 N–H and O–H groups in total. The minimum atomic E-state index is 0.595. The Kier molecular flexibility index (Phi) is 2.08. The van der Waals surface area contributed by atoms with Crippen LogP contribution in [0.5, 0.6) is 0 Å². The number of H-pyrrole nitrogens is 1. The summed E-state index contributed by atoms with van der Waals surface area (Å²) in [5.41, 5.74) is 2.47. The second kappa shape index (κ2) is 3.57. The Morgan fingerprint density at radius 1 is 1.19 bits per heavy atom. The van der Waals surface area contributed by atoms with Gasteiger partial charge in [-0.15, -0.1) is 0 Å². The molecule has 4 nitrogen and oxygen atoms in total. The maximum absolute atomic E-state index is 5.85. The molecule has 0 aliphatic rings. The highest BCUT2D eigenvalue weighted by molar-refractivity contribution is 6.31. The van der Waals surface area contributed by atoms with Crippen molar-refractivity contribution in [3.8, 4) is 11.4 Å². The van der Waals surface area contributed by atoms with Crippen molar-refractivity contribution in [1.29, 1.82) is 0 Å². The van der Waals surface area contributed by atoms with Crippen LogP contribution >= 0.6 is 11.6 Å². The highest BCUT2D eigenvalue weighted by Crippen LogP contribution is 2.20. The number of fused-ring (bicyclic) bond motifs is 1. The summed E-state index contributed by atoms with van der Waals surface area (Å²) in [5, 5.41) is 0.595. The standard InChI is InChI=1S/C11H7ClN4/c12-8-5-9-11(14-6-8)16-10(15-9)7-1-3-13-4-2-7/h1-6H,(H,14,15,16). The summed E-state index contributed by atoms with van der Waals surface area (Å²) in [6.45, 7) is 0. The predicted molar refractivity (Wildman–Crippen MR) is 62.1 cm³/mol. The molecule has 3 rings (SSSR count). The summed E-state index contributed by atoms with van der Waals surface area (Å²) in [5.74, 6) is 0.771. The third-order valence-corrected chi connectivity index (χ3v) is 2.46. The number of nitrogens with zero attached hydrogens (tertiary/aromatic N) is 3. The number of imidazole rings is 1. The summed E-state index contributed by atoms with van der Waals surface area (Å²) in [6.07, 6.45) is 5.03. The maximum Gasteiger partial charge on any atom is 0.178 e. The molecule has 3 heterocycles. The van der Waals surface area contributed by atoms with Gasteiger partial charge in [0.15, 0.2) is 5.65 Å². The Hall–Kier alpha value is -1.94. The van der Waals surface area contributed by atoms with Gasteiger partial charge in [-0.1, -0.05) is 11.6 Å². The Balaban J connectivity index is 2.19. The fourth-order valence-electron chi connectivity index (χ4n) is 1.52. The Bertz CT molecular complexity index is 633. The van der Waals surface area contributed by atoms with Crippen LogP contribution in [-0.4, -0.2) is 19.9 Å². The topological polar surface area (TPSA) is 54.5 Å². The first-order chi connectivity index (χ1) is 7.83. The van der Waals surface area contributed by atoms with E-state index >= 15 is 0 Å². The van der Waals surface area contributed by atoms with Gasteiger partial charge in [-0.25, -0.2) is 9.97 Å². The van der Waals surface area contributed by atoms with E-state index in [-0.39, 0.29) is 0 Å². The van der Waals surface area contributed by atoms with Crippen LogP contribution in [0.4, 0.5) is 0 Å². The van der Waals surface area contributed by atoms with Gasteiger partial charge >= 0.3 is 0 Å². The number of aromatic nitrogens is 4. The van der Waals surface area contributed by atoms with Crippen LogP contribution < -0.4 is 0 Å². The number of nitrogens with one attached hydrogen (secondary N) is 1. The van der Waals surface area contributed by atoms with Crippen LogP contribution in [0.15, 0.2) is 36.8 Å². The van der Waals surface area contributed by atoms with Crippen LogP contribution in [0, 0.1) is 0 Å². The lowest BCUT2D eigenvalue weighted by Crippen LogP contribution is -1.79. The highest BCUT2D eigenvalue weighted by Gasteiger charge is 2.05. The van der Waals surface area contributed by atoms with E-state index in [4.69, 9.17) is 11.6 Å². The fraction of sp³-hybridized carbons (Fsp3) is 0. The molecule has 0 atom stereocenters. The highest BCUT2D eigenvalue weighted by atomic mass is 35.5. The average molecular weight is 231 g/mol. The third-order valence-electron chi connectivity index (χ3n) is 2.26. The van der Waals surface area contributed by atoms with E-state index in [2.05, 4.69) is 19.9 Å². The zero-order valence-corrected chi connectivity index (χ0v) is 8.94. The zero-order valence-electron chi connectivity index (χ0n) is 8.18. The van der Waals surface area contributed by atoms with Crippen molar-refractivity contribution >= 4 is 22.8 Å². The average Bonchev–Trinajstić information content (AvgIpc) is 2.73. The molecule has 0 saturated carbocycles. The molecule has 0 radical (unpaired) electrons. The number of aromatic amines is 1. The molecule has 0 aliphatic heterocycles. The van der Waals surface area contributed by atoms with Gasteiger partial charge in [0, 0.05) is 24.2 Å². The van der Waals surface area contributed by atoms with Crippen molar-refractivity contribution in [2.24, 2.45) is 0 Å². The third kappa shape index (κ3) is 1.53. The lowest BCUT2D eigenvalue weighted by atomic mass is 10.3. The molecule has 0 fully saturated rings. The monoisotopic (exact) mass is 230 g/mol. The van der Waals surface area contributed by atoms with E-state index < -0.39 is 0 Å². The summed E-state index contributed by atoms with van der Waals surface area (Å²) >= 11 is 5.85. The van der Waals surface area contributed by atoms with Crippen LogP contribution in [-0.2, 0) is 0 Å². The number of hydrogen-bond acceptors (Lipinski definition) is 3. The molecular formula is C11H7ClN4. The van der Waals surface area contributed by atoms with Crippen molar-refractivity contribution in [3.05, 3.63) is 41.8 Å². The zero-order chi connectivity index (χ0) is 11.0. The lowest BCUT2D eigenvalue weighted by molar-refractivity contribution is 1.27. The Morgan fingerprint density at radius 2 is 2.00 bits per heavy atom. The number of hydrogen-bond donors (Lipinski definition) is 1. The van der Waals surface area contributed by atoms with E-state index in [1.54, 1.807) is 18.6 Å². The number of halogens is 1. The summed E-state index contributed by atoms with van der Waals surface area (Å²) in [4.78, 5) is 15.6. The van der Waals surface area contributed by atoms with Gasteiger partial charge in [-0.3, -0.25) is 4.98 Å².